The van der Waals surface area contributed by atoms with E-state index < -0.39 is 33.6 Å². The fraction of sp³-hybridized carbons (Fsp3) is 0.379. The van der Waals surface area contributed by atoms with Gasteiger partial charge in [-0.15, -0.1) is 0 Å². The lowest BCUT2D eigenvalue weighted by molar-refractivity contribution is -0.384. The maximum absolute atomic E-state index is 15.8. The summed E-state index contributed by atoms with van der Waals surface area (Å²) in [5.41, 5.74) is 0.658. The molecule has 8 nitrogen and oxygen atoms in total. The van der Waals surface area contributed by atoms with Crippen LogP contribution in [-0.4, -0.2) is 22.9 Å². The van der Waals surface area contributed by atoms with E-state index in [1.54, 1.807) is 21.9 Å². The molecular weight excluding hydrogens is 577 g/mol. The van der Waals surface area contributed by atoms with Crippen molar-refractivity contribution in [1.82, 2.24) is 0 Å². The molecule has 0 spiro atoms. The highest BCUT2D eigenvalue weighted by molar-refractivity contribution is 6.33. The molecule has 2 aliphatic rings. The third-order valence-corrected chi connectivity index (χ3v) is 8.61. The number of benzene rings is 3. The van der Waals surface area contributed by atoms with Crippen molar-refractivity contribution in [2.75, 3.05) is 22.9 Å². The molecule has 2 saturated heterocycles. The molecule has 3 aromatic carbocycles. The molecule has 5 rings (SSSR count). The minimum atomic E-state index is -0.713. The van der Waals surface area contributed by atoms with Crippen LogP contribution < -0.4 is 9.80 Å². The summed E-state index contributed by atoms with van der Waals surface area (Å²) in [6.07, 6.45) is 1.91. The molecule has 2 unspecified atom stereocenters. The van der Waals surface area contributed by atoms with Crippen molar-refractivity contribution >= 4 is 46.0 Å². The highest BCUT2D eigenvalue weighted by atomic mass is 35.5. The van der Waals surface area contributed by atoms with Crippen LogP contribution in [0.25, 0.3) is 0 Å². The Labute approximate surface area is 245 Å². The number of nitrogens with zero attached hydrogens (tertiary/aromatic N) is 4. The van der Waals surface area contributed by atoms with E-state index in [0.29, 0.717) is 37.1 Å². The molecular formula is C29H28Cl2F2N4O4. The standard InChI is InChI=1S/C29H28Cl2F2N4O4/c1-16-9-17(2)15-34(14-16)29-23(32)12-20(13-24(29)33)35-25(18-3-5-21(30)27(10-18)36(38)39)7-8-26(35)19-4-6-22(31)28(11-19)37(40)41/h3-6,10-13,16-17,25-26H,7-9,14-15H2,1-2H3/t16?,17?,25-,26-/m1/s1. The van der Waals surface area contributed by atoms with Crippen molar-refractivity contribution in [2.45, 2.75) is 45.2 Å². The highest BCUT2D eigenvalue weighted by Gasteiger charge is 2.38. The van der Waals surface area contributed by atoms with Crippen molar-refractivity contribution < 1.29 is 18.6 Å². The van der Waals surface area contributed by atoms with Crippen LogP contribution >= 0.6 is 23.2 Å². The van der Waals surface area contributed by atoms with E-state index >= 15 is 8.78 Å². The van der Waals surface area contributed by atoms with Gasteiger partial charge < -0.3 is 9.80 Å². The quantitative estimate of drug-likeness (QED) is 0.206. The smallest absolute Gasteiger partial charge is 0.288 e. The molecule has 2 heterocycles. The number of hydrogen-bond donors (Lipinski definition) is 0. The van der Waals surface area contributed by atoms with Gasteiger partial charge in [-0.3, -0.25) is 20.2 Å². The molecule has 4 atom stereocenters. The summed E-state index contributed by atoms with van der Waals surface area (Å²) < 4.78 is 31.6. The molecule has 216 valence electrons. The molecule has 0 N–H and O–H groups in total. The van der Waals surface area contributed by atoms with Crippen molar-refractivity contribution in [2.24, 2.45) is 11.8 Å². The Balaban J connectivity index is 1.62. The van der Waals surface area contributed by atoms with Gasteiger partial charge in [-0.25, -0.2) is 8.78 Å². The summed E-state index contributed by atoms with van der Waals surface area (Å²) in [7, 11) is 0. The van der Waals surface area contributed by atoms with Crippen molar-refractivity contribution in [3.05, 3.63) is 102 Å². The molecule has 41 heavy (non-hydrogen) atoms. The number of anilines is 2. The van der Waals surface area contributed by atoms with Gasteiger partial charge in [0.15, 0.2) is 11.6 Å². The molecule has 0 aromatic heterocycles. The van der Waals surface area contributed by atoms with Crippen LogP contribution in [0.15, 0.2) is 48.5 Å². The maximum atomic E-state index is 15.8. The van der Waals surface area contributed by atoms with E-state index in [4.69, 9.17) is 23.2 Å². The minimum Gasteiger partial charge on any atom is -0.366 e. The van der Waals surface area contributed by atoms with Gasteiger partial charge in [0.2, 0.25) is 0 Å². The zero-order valence-corrected chi connectivity index (χ0v) is 23.9. The van der Waals surface area contributed by atoms with E-state index in [1.807, 2.05) is 0 Å². The Morgan fingerprint density at radius 2 is 1.22 bits per heavy atom. The van der Waals surface area contributed by atoms with Crippen molar-refractivity contribution in [3.8, 4) is 0 Å². The van der Waals surface area contributed by atoms with Crippen LogP contribution in [0.2, 0.25) is 10.0 Å². The summed E-state index contributed by atoms with van der Waals surface area (Å²) in [6, 6.07) is 10.4. The predicted octanol–water partition coefficient (Wildman–Crippen LogP) is 8.65. The Morgan fingerprint density at radius 3 is 1.63 bits per heavy atom. The van der Waals surface area contributed by atoms with E-state index in [0.717, 1.165) is 6.42 Å². The molecule has 3 aromatic rings. The zero-order valence-electron chi connectivity index (χ0n) is 22.4. The van der Waals surface area contributed by atoms with Gasteiger partial charge in [-0.05, 0) is 66.5 Å². The first-order chi connectivity index (χ1) is 19.4. The van der Waals surface area contributed by atoms with Crippen LogP contribution in [0.5, 0.6) is 0 Å². The van der Waals surface area contributed by atoms with E-state index in [1.165, 1.54) is 36.4 Å². The predicted molar refractivity (Wildman–Crippen MR) is 155 cm³/mol. The first-order valence-electron chi connectivity index (χ1n) is 13.3. The molecule has 0 bridgehead atoms. The fourth-order valence-electron chi connectivity index (χ4n) is 6.43. The number of piperidine rings is 1. The molecule has 2 aliphatic heterocycles. The largest absolute Gasteiger partial charge is 0.366 e. The second-order valence-electron chi connectivity index (χ2n) is 11.1. The summed E-state index contributed by atoms with van der Waals surface area (Å²) >= 11 is 12.1. The minimum absolute atomic E-state index is 0.0281. The maximum Gasteiger partial charge on any atom is 0.288 e. The average molecular weight is 605 g/mol. The number of halogens is 4. The first-order valence-corrected chi connectivity index (χ1v) is 14.1. The summed E-state index contributed by atoms with van der Waals surface area (Å²) in [6.45, 7) is 5.19. The summed E-state index contributed by atoms with van der Waals surface area (Å²) in [5.74, 6) is -0.860. The Bertz CT molecular complexity index is 1420. The zero-order chi connectivity index (χ0) is 29.6. The average Bonchev–Trinajstić information content (AvgIpc) is 3.33. The lowest BCUT2D eigenvalue weighted by Crippen LogP contribution is -2.39. The van der Waals surface area contributed by atoms with E-state index in [2.05, 4.69) is 13.8 Å². The van der Waals surface area contributed by atoms with Crippen LogP contribution in [0.3, 0.4) is 0 Å². The van der Waals surface area contributed by atoms with Crippen molar-refractivity contribution in [1.29, 1.82) is 0 Å². The molecule has 0 amide bonds. The fourth-order valence-corrected chi connectivity index (χ4v) is 6.80. The van der Waals surface area contributed by atoms with E-state index in [9.17, 15) is 20.2 Å². The first kappa shape index (κ1) is 29.0. The van der Waals surface area contributed by atoms with Gasteiger partial charge in [0.25, 0.3) is 11.4 Å². The second kappa shape index (κ2) is 11.4. The SMILES string of the molecule is CC1CC(C)CN(c2c(F)cc(N3[C@@H](c4ccc(Cl)c([N+](=O)[O-])c4)CC[C@@H]3c3ccc(Cl)c([N+](=O)[O-])c3)cc2F)C1. The van der Waals surface area contributed by atoms with Gasteiger partial charge in [0, 0.05) is 30.9 Å². The van der Waals surface area contributed by atoms with Gasteiger partial charge in [-0.1, -0.05) is 49.2 Å². The molecule has 12 heteroatoms. The second-order valence-corrected chi connectivity index (χ2v) is 11.9. The van der Waals surface area contributed by atoms with E-state index in [-0.39, 0.29) is 44.6 Å². The molecule has 0 radical (unpaired) electrons. The highest BCUT2D eigenvalue weighted by Crippen LogP contribution is 2.49. The van der Waals surface area contributed by atoms with Gasteiger partial charge >= 0.3 is 0 Å². The molecule has 0 aliphatic carbocycles. The summed E-state index contributed by atoms with van der Waals surface area (Å²) in [4.78, 5) is 25.6. The molecule has 2 fully saturated rings. The normalized spacial score (nSPS) is 22.7. The number of hydrogen-bond acceptors (Lipinski definition) is 6. The number of nitro benzene ring substituents is 2. The molecule has 0 saturated carbocycles. The monoisotopic (exact) mass is 604 g/mol. The van der Waals surface area contributed by atoms with Gasteiger partial charge in [-0.2, -0.15) is 0 Å². The van der Waals surface area contributed by atoms with Crippen LogP contribution in [0.1, 0.15) is 56.3 Å². The summed E-state index contributed by atoms with van der Waals surface area (Å²) in [5, 5.41) is 23.2. The van der Waals surface area contributed by atoms with Gasteiger partial charge in [0.1, 0.15) is 15.7 Å². The Hall–Kier alpha value is -3.50. The Morgan fingerprint density at radius 1 is 0.780 bits per heavy atom. The van der Waals surface area contributed by atoms with Crippen LogP contribution in [-0.2, 0) is 0 Å². The third kappa shape index (κ3) is 5.67. The van der Waals surface area contributed by atoms with Crippen molar-refractivity contribution in [3.63, 3.8) is 0 Å². The number of rotatable bonds is 6. The van der Waals surface area contributed by atoms with Crippen LogP contribution in [0.4, 0.5) is 31.5 Å². The Kier molecular flexibility index (Phi) is 8.07. The lowest BCUT2D eigenvalue weighted by atomic mass is 9.91. The lowest BCUT2D eigenvalue weighted by Gasteiger charge is -2.38. The van der Waals surface area contributed by atoms with Gasteiger partial charge in [0.05, 0.1) is 21.9 Å². The topological polar surface area (TPSA) is 92.8 Å². The third-order valence-electron chi connectivity index (χ3n) is 7.97. The van der Waals surface area contributed by atoms with Crippen LogP contribution in [0, 0.1) is 43.7 Å². The number of nitro groups is 2.